The number of carbonyl (C=O) groups excluding carboxylic acids is 3. The maximum absolute atomic E-state index is 15.5. The minimum atomic E-state index is -0.951. The van der Waals surface area contributed by atoms with Crippen LogP contribution in [0.2, 0.25) is 0 Å². The highest BCUT2D eigenvalue weighted by molar-refractivity contribution is 9.10. The Hall–Kier alpha value is -5.53. The predicted octanol–water partition coefficient (Wildman–Crippen LogP) is 10.6. The molecule has 5 aromatic rings. The van der Waals surface area contributed by atoms with Gasteiger partial charge < -0.3 is 58.7 Å². The molecule has 5 aromatic carbocycles. The molecule has 1 unspecified atom stereocenters. The summed E-state index contributed by atoms with van der Waals surface area (Å²) in [5.41, 5.74) is -0.782. The van der Waals surface area contributed by atoms with Crippen LogP contribution >= 0.6 is 15.9 Å². The van der Waals surface area contributed by atoms with E-state index in [1.807, 2.05) is 78.2 Å². The van der Waals surface area contributed by atoms with Crippen LogP contribution in [-0.2, 0) is 33.3 Å². The highest BCUT2D eigenvalue weighted by atomic mass is 79.9. The van der Waals surface area contributed by atoms with E-state index in [1.54, 1.807) is 27.4 Å². The van der Waals surface area contributed by atoms with Gasteiger partial charge in [-0.3, -0.25) is 24.0 Å². The molecule has 2 heterocycles. The Morgan fingerprint density at radius 3 is 1.84 bits per heavy atom. The summed E-state index contributed by atoms with van der Waals surface area (Å²) in [4.78, 5) is 76.0. The van der Waals surface area contributed by atoms with Crippen LogP contribution in [0.25, 0.3) is 49.2 Å². The zero-order valence-corrected chi connectivity index (χ0v) is 51.9. The van der Waals surface area contributed by atoms with Crippen molar-refractivity contribution in [1.82, 2.24) is 9.80 Å². The average Bonchev–Trinajstić information content (AvgIpc) is 3.57. The topological polar surface area (TPSA) is 201 Å². The van der Waals surface area contributed by atoms with Gasteiger partial charge >= 0.3 is 0 Å². The van der Waals surface area contributed by atoms with Gasteiger partial charge in [0.2, 0.25) is 22.7 Å². The number of fused-ring (bicyclic) bond motifs is 1. The zero-order chi connectivity index (χ0) is 59.3. The Labute approximate surface area is 484 Å². The maximum atomic E-state index is 15.5. The fourth-order valence-electron chi connectivity index (χ4n) is 12.2. The molecule has 3 aliphatic rings. The lowest BCUT2D eigenvalue weighted by atomic mass is 9.80. The summed E-state index contributed by atoms with van der Waals surface area (Å²) in [6.45, 7) is 23.5. The summed E-state index contributed by atoms with van der Waals surface area (Å²) in [5, 5.41) is 23.1. The number of aromatic hydroxyl groups is 1. The first-order chi connectivity index (χ1) is 38.2. The van der Waals surface area contributed by atoms with Crippen LogP contribution in [0.3, 0.4) is 0 Å². The van der Waals surface area contributed by atoms with Crippen molar-refractivity contribution in [3.05, 3.63) is 47.7 Å². The highest BCUT2D eigenvalue weighted by Gasteiger charge is 2.40. The molecule has 17 nitrogen and oxygen atoms in total. The first-order valence-corrected chi connectivity index (χ1v) is 29.3. The summed E-state index contributed by atoms with van der Waals surface area (Å²) < 4.78 is 41.9. The molecule has 3 N–H and O–H groups in total. The Morgan fingerprint density at radius 1 is 0.679 bits per heavy atom. The monoisotopic (exact) mass is 1180 g/mol. The van der Waals surface area contributed by atoms with Crippen molar-refractivity contribution in [2.75, 3.05) is 105 Å². The van der Waals surface area contributed by atoms with Crippen molar-refractivity contribution in [3.63, 3.8) is 0 Å². The molecule has 2 fully saturated rings. The van der Waals surface area contributed by atoms with Gasteiger partial charge in [0.25, 0.3) is 0 Å². The number of likely N-dealkylation sites (tertiary alicyclic amines) is 2. The number of hydrogen-bond donors (Lipinski definition) is 3. The van der Waals surface area contributed by atoms with Gasteiger partial charge in [0.15, 0.2) is 11.5 Å². The third-order valence-corrected chi connectivity index (χ3v) is 18.1. The lowest BCUT2D eigenvalue weighted by Gasteiger charge is -2.38. The number of carbonyl (C=O) groups is 3. The number of halogens is 1. The van der Waals surface area contributed by atoms with Crippen LogP contribution in [0, 0.1) is 17.3 Å². The van der Waals surface area contributed by atoms with Gasteiger partial charge in [-0.2, -0.15) is 0 Å². The van der Waals surface area contributed by atoms with Crippen molar-refractivity contribution in [1.29, 1.82) is 0 Å². The number of allylic oxidation sites excluding steroid dienone is 1. The second-order valence-corrected chi connectivity index (χ2v) is 25.9. The van der Waals surface area contributed by atoms with Crippen LogP contribution in [0.15, 0.2) is 25.7 Å². The summed E-state index contributed by atoms with van der Waals surface area (Å²) >= 11 is 3.58. The number of amides is 2. The Kier molecular flexibility index (Phi) is 18.2. The van der Waals surface area contributed by atoms with Crippen LogP contribution < -0.4 is 35.7 Å². The third kappa shape index (κ3) is 12.0. The molecule has 1 aliphatic carbocycles. The van der Waals surface area contributed by atoms with Gasteiger partial charge in [-0.1, -0.05) is 11.6 Å². The molecular weight excluding hydrogens is 1100 g/mol. The Balaban J connectivity index is 1.17. The minimum Gasteiger partial charge on any atom is -0.505 e. The van der Waals surface area contributed by atoms with E-state index in [-0.39, 0.29) is 63.1 Å². The zero-order valence-electron chi connectivity index (χ0n) is 50.3. The van der Waals surface area contributed by atoms with E-state index in [1.165, 1.54) is 21.1 Å². The molecule has 442 valence electrons. The van der Waals surface area contributed by atoms with E-state index in [0.29, 0.717) is 156 Å². The van der Waals surface area contributed by atoms with Gasteiger partial charge in [-0.15, -0.1) is 0 Å². The van der Waals surface area contributed by atoms with Crippen molar-refractivity contribution in [3.8, 4) is 23.0 Å². The van der Waals surface area contributed by atoms with Gasteiger partial charge in [-0.25, -0.2) is 0 Å². The summed E-state index contributed by atoms with van der Waals surface area (Å²) in [6.07, 6.45) is 6.33. The number of benzene rings is 5. The number of nitrogens with zero attached hydrogens (tertiary/aromatic N) is 2. The van der Waals surface area contributed by atoms with Gasteiger partial charge in [0.05, 0.1) is 79.1 Å². The number of methoxy groups -OCH3 is 5. The number of rotatable bonds is 24. The SMILES string of the molecule is COCCC(C)(C)OCC(C)(C)C(=O)N1CCC(CNc2cc(OC)c3c4c(OC)c(Br)c(=O)c5c(O)c(NCC6CCN(C(=O)CCC(C)(C)OCC(C)(C)OC)CC6)c6c(c7c(c(OC)c(=O)c2c37)C(C(C)=O)C(C)=C6)c54)CC1. The fourth-order valence-corrected chi connectivity index (χ4v) is 12.8. The number of nitrogens with one attached hydrogen (secondary N) is 2. The lowest BCUT2D eigenvalue weighted by molar-refractivity contribution is -0.149. The molecule has 18 heteroatoms. The molecular formula is C63H85BrN4O13. The highest BCUT2D eigenvalue weighted by Crippen LogP contribution is 2.58. The van der Waals surface area contributed by atoms with E-state index in [4.69, 9.17) is 33.2 Å². The second kappa shape index (κ2) is 24.0. The van der Waals surface area contributed by atoms with E-state index in [2.05, 4.69) is 26.6 Å². The molecule has 8 rings (SSSR count). The van der Waals surface area contributed by atoms with Gasteiger partial charge in [-0.05, 0) is 141 Å². The third-order valence-electron chi connectivity index (χ3n) is 17.4. The second-order valence-electron chi connectivity index (χ2n) is 25.2. The Morgan fingerprint density at radius 2 is 1.26 bits per heavy atom. The standard InChI is InChI=1S/C63H85BrN4O13/c1-34-28-38-43-46-48-44(56(73)58(78-14)49(46)42(34)35(2)69)39(65-30-36-19-25-68(26-20-36)59(74)60(3,4)32-80-62(7,8)22-27-75-11)29-40(76-12)45(48)50-47(43)51(54(71)52(64)57(50)77-13)55(72)53(38)66-31-37-17-23-67(24-18-37)41(70)16-21-61(5,6)81-33-63(9,10)79-15/h28-29,36-37,42,65-66,72H,16-27,30-33H2,1-15H3. The van der Waals surface area contributed by atoms with Crippen molar-refractivity contribution in [2.24, 2.45) is 17.3 Å². The van der Waals surface area contributed by atoms with Crippen LogP contribution in [0.4, 0.5) is 11.4 Å². The number of ether oxygens (including phenoxy) is 7. The van der Waals surface area contributed by atoms with Crippen LogP contribution in [0.5, 0.6) is 23.0 Å². The molecule has 1 atom stereocenters. The number of phenolic OH excluding ortho intramolecular Hbond substituents is 1. The van der Waals surface area contributed by atoms with E-state index in [0.717, 1.165) is 12.8 Å². The first kappa shape index (κ1) is 61.5. The molecule has 0 bridgehead atoms. The number of hydrogen-bond acceptors (Lipinski definition) is 15. The number of ketones is 1. The van der Waals surface area contributed by atoms with Crippen molar-refractivity contribution in [2.45, 2.75) is 137 Å². The fraction of sp³-hybridized carbons (Fsp3) is 0.603. The van der Waals surface area contributed by atoms with E-state index in [9.17, 15) is 24.3 Å². The average molecular weight is 1190 g/mol. The first-order valence-electron chi connectivity index (χ1n) is 28.5. The largest absolute Gasteiger partial charge is 0.505 e. The van der Waals surface area contributed by atoms with Crippen molar-refractivity contribution >= 4 is 94.1 Å². The van der Waals surface area contributed by atoms with Crippen molar-refractivity contribution < 1.29 is 52.6 Å². The molecule has 0 spiro atoms. The van der Waals surface area contributed by atoms with Gasteiger partial charge in [0, 0.05) is 116 Å². The molecule has 2 amide bonds. The number of Topliss-reactive ketones (excluding diaryl/α,β-unsaturated/α-hetero) is 1. The summed E-state index contributed by atoms with van der Waals surface area (Å²) in [6, 6.07) is 1.79. The minimum absolute atomic E-state index is 0.00369. The van der Waals surface area contributed by atoms with Crippen LogP contribution in [-0.4, -0.2) is 144 Å². The molecule has 2 saturated heterocycles. The smallest absolute Gasteiger partial charge is 0.230 e. The normalized spacial score (nSPS) is 16.9. The quantitative estimate of drug-likeness (QED) is 0.0299. The number of piperidine rings is 2. The predicted molar refractivity (Wildman–Crippen MR) is 324 cm³/mol. The van der Waals surface area contributed by atoms with E-state index >= 15 is 4.79 Å². The maximum Gasteiger partial charge on any atom is 0.230 e. The van der Waals surface area contributed by atoms with E-state index < -0.39 is 39.0 Å². The molecule has 0 saturated carbocycles. The summed E-state index contributed by atoms with van der Waals surface area (Å²) in [7, 11) is 7.76. The lowest BCUT2D eigenvalue weighted by Crippen LogP contribution is -2.48. The molecule has 81 heavy (non-hydrogen) atoms. The molecule has 0 aromatic heterocycles. The summed E-state index contributed by atoms with van der Waals surface area (Å²) in [5.74, 6) is -0.555. The van der Waals surface area contributed by atoms with Crippen LogP contribution in [0.1, 0.15) is 131 Å². The van der Waals surface area contributed by atoms with Gasteiger partial charge in [0.1, 0.15) is 21.8 Å². The number of phenols is 1. The molecule has 0 radical (unpaired) electrons. The number of anilines is 2. The molecule has 2 aliphatic heterocycles. The Bertz CT molecular complexity index is 3360.